The topological polar surface area (TPSA) is 249 Å². The first-order valence-electron chi connectivity index (χ1n) is 19.5. The first-order chi connectivity index (χ1) is 29.0. The van der Waals surface area contributed by atoms with E-state index in [4.69, 9.17) is 5.73 Å². The van der Waals surface area contributed by atoms with Gasteiger partial charge < -0.3 is 52.1 Å². The molecule has 16 nitrogen and oxygen atoms in total. The minimum absolute atomic E-state index is 0.0432. The maximum absolute atomic E-state index is 14.3. The van der Waals surface area contributed by atoms with Crippen LogP contribution in [0.4, 0.5) is 0 Å². The molecule has 60 heavy (non-hydrogen) atoms. The summed E-state index contributed by atoms with van der Waals surface area (Å²) in [5.41, 5.74) is 10.7. The molecule has 10 N–H and O–H groups in total. The Bertz CT molecular complexity index is 2420. The van der Waals surface area contributed by atoms with E-state index < -0.39 is 65.8 Å². The predicted molar refractivity (Wildman–Crippen MR) is 230 cm³/mol. The van der Waals surface area contributed by atoms with Crippen molar-refractivity contribution in [2.24, 2.45) is 5.73 Å². The van der Waals surface area contributed by atoms with Crippen LogP contribution in [0.1, 0.15) is 29.3 Å². The van der Waals surface area contributed by atoms with Crippen LogP contribution in [0.5, 0.6) is 0 Å². The average Bonchev–Trinajstić information content (AvgIpc) is 4.03. The molecular weight excluding hydrogens is 785 g/mol. The second kappa shape index (κ2) is 20.3. The third-order valence-electron chi connectivity index (χ3n) is 10.2. The number of hydrogen-bond donors (Lipinski definition) is 10. The van der Waals surface area contributed by atoms with Gasteiger partial charge in [0.25, 0.3) is 0 Å². The highest BCUT2D eigenvalue weighted by Gasteiger charge is 2.32. The zero-order valence-corrected chi connectivity index (χ0v) is 33.7. The van der Waals surface area contributed by atoms with Gasteiger partial charge >= 0.3 is 0 Å². The number of nitrogens with zero attached hydrogens (tertiary/aromatic N) is 1. The molecule has 0 spiro atoms. The molecule has 0 aliphatic carbocycles. The molecule has 0 fully saturated rings. The van der Waals surface area contributed by atoms with Gasteiger partial charge in [0, 0.05) is 77.5 Å². The minimum Gasteiger partial charge on any atom is -0.361 e. The summed E-state index contributed by atoms with van der Waals surface area (Å²) >= 11 is 4.22. The van der Waals surface area contributed by atoms with Crippen LogP contribution in [0.15, 0.2) is 104 Å². The highest BCUT2D eigenvalue weighted by molar-refractivity contribution is 7.80. The summed E-state index contributed by atoms with van der Waals surface area (Å²) in [5.74, 6) is -3.34. The van der Waals surface area contributed by atoms with Crippen molar-refractivity contribution in [2.45, 2.75) is 68.9 Å². The van der Waals surface area contributed by atoms with Crippen LogP contribution in [0.3, 0.4) is 0 Å². The molecule has 0 saturated carbocycles. The molecule has 312 valence electrons. The molecule has 0 radical (unpaired) electrons. The van der Waals surface area contributed by atoms with Crippen LogP contribution in [0, 0.1) is 0 Å². The Morgan fingerprint density at radius 1 is 0.650 bits per heavy atom. The highest BCUT2D eigenvalue weighted by atomic mass is 32.1. The van der Waals surface area contributed by atoms with Crippen LogP contribution in [0.25, 0.3) is 21.8 Å². The average molecular weight is 833 g/mol. The van der Waals surface area contributed by atoms with E-state index in [1.807, 2.05) is 54.6 Å². The van der Waals surface area contributed by atoms with Crippen molar-refractivity contribution in [3.05, 3.63) is 126 Å². The molecule has 5 amide bonds. The van der Waals surface area contributed by atoms with Crippen molar-refractivity contribution in [3.63, 3.8) is 0 Å². The predicted octanol–water partition coefficient (Wildman–Crippen LogP) is 1.54. The molecule has 0 unspecified atom stereocenters. The fraction of sp³-hybridized carbons (Fsp3) is 0.279. The lowest BCUT2D eigenvalue weighted by Crippen LogP contribution is -2.59. The molecule has 17 heteroatoms. The summed E-state index contributed by atoms with van der Waals surface area (Å²) < 4.78 is 0. The van der Waals surface area contributed by atoms with Crippen LogP contribution < -0.4 is 32.3 Å². The molecule has 3 aromatic carbocycles. The number of hydrogen-bond acceptors (Lipinski definition) is 9. The van der Waals surface area contributed by atoms with Crippen LogP contribution in [0.2, 0.25) is 0 Å². The van der Waals surface area contributed by atoms with Crippen molar-refractivity contribution in [1.82, 2.24) is 46.5 Å². The smallest absolute Gasteiger partial charge is 0.244 e. The Morgan fingerprint density at radius 3 is 1.82 bits per heavy atom. The maximum atomic E-state index is 14.3. The molecular formula is C43H48N10O6S. The maximum Gasteiger partial charge on any atom is 0.244 e. The second-order valence-corrected chi connectivity index (χ2v) is 14.9. The lowest BCUT2D eigenvalue weighted by atomic mass is 10.0. The number of nitrogens with one attached hydrogen (secondary N) is 8. The minimum atomic E-state index is -1.20. The largest absolute Gasteiger partial charge is 0.361 e. The van der Waals surface area contributed by atoms with Crippen LogP contribution in [-0.4, -0.2) is 97.8 Å². The van der Waals surface area contributed by atoms with E-state index in [9.17, 15) is 28.8 Å². The number of fused-ring (bicyclic) bond motifs is 2. The number of H-pyrrole nitrogens is 3. The van der Waals surface area contributed by atoms with E-state index in [1.165, 1.54) is 19.4 Å². The first-order valence-corrected chi connectivity index (χ1v) is 20.1. The normalized spacial score (nSPS) is 14.2. The summed E-state index contributed by atoms with van der Waals surface area (Å²) in [5, 5.41) is 15.3. The Labute approximate surface area is 351 Å². The Balaban J connectivity index is 1.17. The molecule has 0 aliphatic rings. The Kier molecular flexibility index (Phi) is 14.5. The van der Waals surface area contributed by atoms with Gasteiger partial charge in [-0.3, -0.25) is 24.0 Å². The van der Waals surface area contributed by atoms with Crippen molar-refractivity contribution < 1.29 is 28.8 Å². The lowest BCUT2D eigenvalue weighted by Gasteiger charge is -2.26. The molecule has 0 aliphatic heterocycles. The fourth-order valence-corrected chi connectivity index (χ4v) is 7.15. The van der Waals surface area contributed by atoms with Gasteiger partial charge in [-0.2, -0.15) is 12.6 Å². The molecule has 0 bridgehead atoms. The Hall–Kier alpha value is -6.72. The number of benzene rings is 3. The number of aldehydes is 1. The quantitative estimate of drug-likeness (QED) is 0.0399. The van der Waals surface area contributed by atoms with Gasteiger partial charge in [0.1, 0.15) is 30.5 Å². The molecule has 0 saturated heterocycles. The first kappa shape index (κ1) is 42.9. The monoisotopic (exact) mass is 832 g/mol. The summed E-state index contributed by atoms with van der Waals surface area (Å²) in [4.78, 5) is 93.7. The van der Waals surface area contributed by atoms with Gasteiger partial charge in [-0.05, 0) is 35.7 Å². The zero-order valence-electron chi connectivity index (χ0n) is 32.8. The van der Waals surface area contributed by atoms with Crippen LogP contribution in [-0.2, 0) is 54.5 Å². The number of nitrogens with two attached hydrogens (primary N) is 1. The number of thiol groups is 1. The second-order valence-electron chi connectivity index (χ2n) is 14.6. The van der Waals surface area contributed by atoms with Crippen molar-refractivity contribution in [3.8, 4) is 0 Å². The number of rotatable bonds is 20. The van der Waals surface area contributed by atoms with E-state index in [1.54, 1.807) is 36.7 Å². The van der Waals surface area contributed by atoms with Crippen molar-refractivity contribution in [2.75, 3.05) is 5.75 Å². The standard InChI is InChI=1S/C43H48N10O6S/c1-25(49-43(59)38(23-60)53-40(56)33(44)18-29-21-45-24-48-29)39(55)51-36(15-26-9-3-2-4-10-26)42(58)52-37(17-28-20-47-35-14-8-6-12-32(28)35)41(57)50-30(22-54)16-27-19-46-34-13-7-5-11-31(27)34/h2-14,19-22,24-25,30,33,36-38,46-47,60H,15-18,23,44H2,1H3,(H,45,48)(H,49,59)(H,50,57)(H,51,55)(H,52,58)(H,53,56)/t25-,30-,33-,36-,37-,38-/m0/s1. The third-order valence-corrected chi connectivity index (χ3v) is 10.5. The Morgan fingerprint density at radius 2 is 1.20 bits per heavy atom. The number of imidazole rings is 1. The summed E-state index contributed by atoms with van der Waals surface area (Å²) in [7, 11) is 0. The number of carbonyl (C=O) groups excluding carboxylic acids is 6. The molecule has 6 aromatic rings. The van der Waals surface area contributed by atoms with Crippen LogP contribution >= 0.6 is 12.6 Å². The van der Waals surface area contributed by atoms with E-state index in [2.05, 4.69) is 59.1 Å². The zero-order chi connectivity index (χ0) is 42.6. The number of aromatic nitrogens is 4. The SMILES string of the molecule is C[C@H](NC(=O)[C@H](CS)NC(=O)[C@@H](N)Cc1cnc[nH]1)C(=O)N[C@@H](Cc1ccccc1)C(=O)N[C@@H](Cc1c[nH]c2ccccc12)C(=O)N[C@H](C=O)Cc1c[nH]c2ccccc12. The number of carbonyl (C=O) groups is 6. The molecule has 6 rings (SSSR count). The summed E-state index contributed by atoms with van der Waals surface area (Å²) in [6.07, 6.45) is 7.69. The van der Waals surface area contributed by atoms with Gasteiger partial charge in [-0.15, -0.1) is 0 Å². The van der Waals surface area contributed by atoms with Gasteiger partial charge in [0.15, 0.2) is 0 Å². The fourth-order valence-electron chi connectivity index (χ4n) is 6.89. The van der Waals surface area contributed by atoms with Gasteiger partial charge in [0.05, 0.1) is 18.4 Å². The number of amides is 5. The van der Waals surface area contributed by atoms with E-state index in [0.29, 0.717) is 12.0 Å². The molecule has 3 aromatic heterocycles. The summed E-state index contributed by atoms with van der Waals surface area (Å²) in [6.45, 7) is 1.44. The van der Waals surface area contributed by atoms with Gasteiger partial charge in [-0.1, -0.05) is 66.7 Å². The summed E-state index contributed by atoms with van der Waals surface area (Å²) in [6, 6.07) is 17.6. The molecule has 3 heterocycles. The third kappa shape index (κ3) is 11.1. The van der Waals surface area contributed by atoms with E-state index >= 15 is 0 Å². The van der Waals surface area contributed by atoms with Gasteiger partial charge in [0.2, 0.25) is 29.5 Å². The highest BCUT2D eigenvalue weighted by Crippen LogP contribution is 2.21. The van der Waals surface area contributed by atoms with E-state index in [0.717, 1.165) is 38.5 Å². The van der Waals surface area contributed by atoms with E-state index in [-0.39, 0.29) is 31.4 Å². The molecule has 6 atom stereocenters. The number of aromatic amines is 3. The van der Waals surface area contributed by atoms with Crippen molar-refractivity contribution in [1.29, 1.82) is 0 Å². The van der Waals surface area contributed by atoms with Gasteiger partial charge in [-0.25, -0.2) is 4.98 Å². The number of para-hydroxylation sites is 2. The lowest BCUT2D eigenvalue weighted by molar-refractivity contribution is -0.134. The van der Waals surface area contributed by atoms with Crippen molar-refractivity contribution >= 4 is 70.3 Å².